The summed E-state index contributed by atoms with van der Waals surface area (Å²) in [6.07, 6.45) is 6.97. The van der Waals surface area contributed by atoms with E-state index in [0.717, 1.165) is 30.0 Å². The Hall–Kier alpha value is -4.38. The highest BCUT2D eigenvalue weighted by atomic mass is 32.2. The number of anilines is 1. The molecule has 1 fully saturated rings. The molecule has 0 radical (unpaired) electrons. The summed E-state index contributed by atoms with van der Waals surface area (Å²) in [5.74, 6) is 0.367. The third-order valence-corrected chi connectivity index (χ3v) is 8.47. The van der Waals surface area contributed by atoms with Crippen molar-refractivity contribution in [3.8, 4) is 11.5 Å². The van der Waals surface area contributed by atoms with Gasteiger partial charge in [0, 0.05) is 6.04 Å². The Labute approximate surface area is 246 Å². The lowest BCUT2D eigenvalue weighted by atomic mass is 9.95. The predicted molar refractivity (Wildman–Crippen MR) is 161 cm³/mol. The molecule has 0 spiro atoms. The summed E-state index contributed by atoms with van der Waals surface area (Å²) in [4.78, 5) is 25.0. The van der Waals surface area contributed by atoms with Crippen LogP contribution in [0.2, 0.25) is 0 Å². The molecule has 222 valence electrons. The van der Waals surface area contributed by atoms with E-state index < -0.39 is 22.5 Å². The van der Waals surface area contributed by atoms with Crippen molar-refractivity contribution in [3.63, 3.8) is 0 Å². The molecule has 1 aliphatic carbocycles. The van der Waals surface area contributed by atoms with Crippen molar-refractivity contribution < 1.29 is 27.5 Å². The molecule has 42 heavy (non-hydrogen) atoms. The van der Waals surface area contributed by atoms with E-state index in [-0.39, 0.29) is 23.5 Å². The molecule has 0 unspecified atom stereocenters. The minimum absolute atomic E-state index is 0.0588. The molecule has 0 aliphatic heterocycles. The van der Waals surface area contributed by atoms with Crippen LogP contribution in [-0.2, 0) is 19.6 Å². The third kappa shape index (κ3) is 8.81. The number of ether oxygens (including phenoxy) is 2. The summed E-state index contributed by atoms with van der Waals surface area (Å²) in [7, 11) is -4.04. The SMILES string of the molecule is CCOc1ccc(N(CC(=O)N/N=C\c2ccc(OCC(=O)NC3CCCCC3)cc2)S(=O)(=O)c2ccccc2)cc1. The number of hydrogen-bond acceptors (Lipinski definition) is 7. The van der Waals surface area contributed by atoms with Crippen LogP contribution >= 0.6 is 0 Å². The molecule has 0 heterocycles. The Kier molecular flexibility index (Phi) is 10.9. The second-order valence-electron chi connectivity index (χ2n) is 9.80. The fourth-order valence-corrected chi connectivity index (χ4v) is 6.01. The van der Waals surface area contributed by atoms with Gasteiger partial charge in [0.2, 0.25) is 0 Å². The molecular weight excluding hydrogens is 556 g/mol. The van der Waals surface area contributed by atoms with E-state index in [1.165, 1.54) is 24.8 Å². The first-order chi connectivity index (χ1) is 20.3. The number of sulfonamides is 1. The lowest BCUT2D eigenvalue weighted by Crippen LogP contribution is -2.39. The van der Waals surface area contributed by atoms with E-state index in [0.29, 0.717) is 29.4 Å². The molecule has 4 rings (SSSR count). The van der Waals surface area contributed by atoms with Crippen LogP contribution in [0, 0.1) is 0 Å². The van der Waals surface area contributed by atoms with Crippen LogP contribution in [0.15, 0.2) is 88.9 Å². The van der Waals surface area contributed by atoms with Crippen molar-refractivity contribution in [2.24, 2.45) is 5.10 Å². The van der Waals surface area contributed by atoms with Crippen molar-refractivity contribution in [1.82, 2.24) is 10.7 Å². The smallest absolute Gasteiger partial charge is 0.264 e. The van der Waals surface area contributed by atoms with E-state index in [2.05, 4.69) is 15.8 Å². The van der Waals surface area contributed by atoms with Gasteiger partial charge in [0.05, 0.1) is 23.4 Å². The zero-order valence-corrected chi connectivity index (χ0v) is 24.4. The number of hydrogen-bond donors (Lipinski definition) is 2. The molecule has 2 amide bonds. The highest BCUT2D eigenvalue weighted by molar-refractivity contribution is 7.92. The maximum atomic E-state index is 13.4. The van der Waals surface area contributed by atoms with E-state index in [4.69, 9.17) is 9.47 Å². The number of carbonyl (C=O) groups is 2. The van der Waals surface area contributed by atoms with Gasteiger partial charge in [-0.05, 0) is 86.0 Å². The molecule has 0 aromatic heterocycles. The molecule has 1 aliphatic rings. The quantitative estimate of drug-likeness (QED) is 0.226. The first-order valence-corrected chi connectivity index (χ1v) is 15.4. The highest BCUT2D eigenvalue weighted by Crippen LogP contribution is 2.26. The van der Waals surface area contributed by atoms with Crippen molar-refractivity contribution in [2.75, 3.05) is 24.1 Å². The Bertz CT molecular complexity index is 1440. The molecule has 1 saturated carbocycles. The number of hydrazone groups is 1. The highest BCUT2D eigenvalue weighted by Gasteiger charge is 2.27. The van der Waals surface area contributed by atoms with Gasteiger partial charge in [0.25, 0.3) is 21.8 Å². The summed E-state index contributed by atoms with van der Waals surface area (Å²) in [6, 6.07) is 21.5. The van der Waals surface area contributed by atoms with Crippen LogP contribution in [0.4, 0.5) is 5.69 Å². The fraction of sp³-hybridized carbons (Fsp3) is 0.323. The van der Waals surface area contributed by atoms with E-state index >= 15 is 0 Å². The summed E-state index contributed by atoms with van der Waals surface area (Å²) in [6.45, 7) is 1.78. The number of benzene rings is 3. The zero-order valence-electron chi connectivity index (χ0n) is 23.6. The monoisotopic (exact) mass is 592 g/mol. The maximum Gasteiger partial charge on any atom is 0.264 e. The molecular formula is C31H36N4O6S. The number of amides is 2. The predicted octanol–water partition coefficient (Wildman–Crippen LogP) is 4.26. The Morgan fingerprint density at radius 2 is 1.52 bits per heavy atom. The van der Waals surface area contributed by atoms with Crippen molar-refractivity contribution >= 4 is 33.7 Å². The maximum absolute atomic E-state index is 13.4. The van der Waals surface area contributed by atoms with Gasteiger partial charge in [0.15, 0.2) is 6.61 Å². The van der Waals surface area contributed by atoms with Gasteiger partial charge in [0.1, 0.15) is 18.0 Å². The molecule has 0 atom stereocenters. The zero-order chi connectivity index (χ0) is 29.8. The Morgan fingerprint density at radius 3 is 2.19 bits per heavy atom. The Balaban J connectivity index is 1.34. The van der Waals surface area contributed by atoms with Crippen LogP contribution < -0.4 is 24.5 Å². The normalized spacial score (nSPS) is 13.8. The number of rotatable bonds is 13. The van der Waals surface area contributed by atoms with Gasteiger partial charge in [-0.1, -0.05) is 37.5 Å². The lowest BCUT2D eigenvalue weighted by molar-refractivity contribution is -0.124. The van der Waals surface area contributed by atoms with Crippen molar-refractivity contribution in [2.45, 2.75) is 50.0 Å². The molecule has 2 N–H and O–H groups in total. The van der Waals surface area contributed by atoms with Gasteiger partial charge in [-0.25, -0.2) is 13.8 Å². The number of nitrogens with zero attached hydrogens (tertiary/aromatic N) is 2. The van der Waals surface area contributed by atoms with Gasteiger partial charge >= 0.3 is 0 Å². The largest absolute Gasteiger partial charge is 0.494 e. The lowest BCUT2D eigenvalue weighted by Gasteiger charge is -2.24. The third-order valence-electron chi connectivity index (χ3n) is 6.68. The second kappa shape index (κ2) is 15.0. The molecule has 0 bridgehead atoms. The Morgan fingerprint density at radius 1 is 0.881 bits per heavy atom. The standard InChI is InChI=1S/C31H36N4O6S/c1-2-40-27-19-15-26(16-20-27)35(42(38,39)29-11-7-4-8-12-29)22-30(36)34-32-21-24-13-17-28(18-14-24)41-23-31(37)33-25-9-5-3-6-10-25/h4,7-8,11-21,25H,2-3,5-6,9-10,22-23H2,1H3,(H,33,37)(H,34,36)/b32-21-. The van der Waals surface area contributed by atoms with Crippen molar-refractivity contribution in [1.29, 1.82) is 0 Å². The first kappa shape index (κ1) is 30.6. The number of carbonyl (C=O) groups excluding carboxylic acids is 2. The molecule has 0 saturated heterocycles. The number of nitrogens with one attached hydrogen (secondary N) is 2. The topological polar surface area (TPSA) is 126 Å². The summed E-state index contributed by atoms with van der Waals surface area (Å²) in [5.41, 5.74) is 3.38. The van der Waals surface area contributed by atoms with Crippen LogP contribution in [-0.4, -0.2) is 52.2 Å². The molecule has 11 heteroatoms. The summed E-state index contributed by atoms with van der Waals surface area (Å²) in [5, 5.41) is 7.00. The van der Waals surface area contributed by atoms with Crippen LogP contribution in [0.5, 0.6) is 11.5 Å². The molecule has 10 nitrogen and oxygen atoms in total. The van der Waals surface area contributed by atoms with Crippen LogP contribution in [0.1, 0.15) is 44.6 Å². The van der Waals surface area contributed by atoms with E-state index in [1.807, 2.05) is 6.92 Å². The average molecular weight is 593 g/mol. The van der Waals surface area contributed by atoms with Gasteiger partial charge in [-0.3, -0.25) is 13.9 Å². The average Bonchev–Trinajstić information content (AvgIpc) is 3.01. The fourth-order valence-electron chi connectivity index (χ4n) is 4.57. The molecule has 3 aromatic carbocycles. The van der Waals surface area contributed by atoms with Crippen LogP contribution in [0.25, 0.3) is 0 Å². The van der Waals surface area contributed by atoms with Crippen LogP contribution in [0.3, 0.4) is 0 Å². The van der Waals surface area contributed by atoms with Gasteiger partial charge in [-0.15, -0.1) is 0 Å². The molecule has 3 aromatic rings. The summed E-state index contributed by atoms with van der Waals surface area (Å²) >= 11 is 0. The summed E-state index contributed by atoms with van der Waals surface area (Å²) < 4.78 is 38.9. The minimum atomic E-state index is -4.04. The van der Waals surface area contributed by atoms with E-state index in [9.17, 15) is 18.0 Å². The van der Waals surface area contributed by atoms with Gasteiger partial charge < -0.3 is 14.8 Å². The van der Waals surface area contributed by atoms with Crippen molar-refractivity contribution in [3.05, 3.63) is 84.4 Å². The minimum Gasteiger partial charge on any atom is -0.494 e. The van der Waals surface area contributed by atoms with Gasteiger partial charge in [-0.2, -0.15) is 5.10 Å². The first-order valence-electron chi connectivity index (χ1n) is 14.0. The van der Waals surface area contributed by atoms with E-state index in [1.54, 1.807) is 66.7 Å². The second-order valence-corrected chi connectivity index (χ2v) is 11.7.